The van der Waals surface area contributed by atoms with Gasteiger partial charge in [-0.2, -0.15) is 8.78 Å². The van der Waals surface area contributed by atoms with Crippen LogP contribution in [0.1, 0.15) is 29.8 Å². The van der Waals surface area contributed by atoms with Crippen molar-refractivity contribution in [1.29, 1.82) is 0 Å². The van der Waals surface area contributed by atoms with Crippen LogP contribution in [-0.4, -0.2) is 63.5 Å². The summed E-state index contributed by atoms with van der Waals surface area (Å²) in [4.78, 5) is 15.8. The zero-order valence-electron chi connectivity index (χ0n) is 18.9. The van der Waals surface area contributed by atoms with E-state index < -0.39 is 18.8 Å². The average molecular weight is 482 g/mol. The molecule has 3 aliphatic rings. The number of rotatable bonds is 5. The molecule has 35 heavy (non-hydrogen) atoms. The summed E-state index contributed by atoms with van der Waals surface area (Å²) in [6, 6.07) is 3.83. The van der Waals surface area contributed by atoms with Crippen LogP contribution in [0.25, 0.3) is 16.8 Å². The van der Waals surface area contributed by atoms with Crippen LogP contribution in [-0.2, 0) is 9.47 Å². The highest BCUT2D eigenvalue weighted by Gasteiger charge is 2.42. The molecule has 3 aromatic heterocycles. The molecule has 0 radical (unpaired) electrons. The molecule has 4 heterocycles. The third-order valence-corrected chi connectivity index (χ3v) is 6.94. The number of halogens is 2. The number of aliphatic hydroxyl groups is 1. The van der Waals surface area contributed by atoms with Crippen molar-refractivity contribution in [2.45, 2.75) is 31.2 Å². The van der Waals surface area contributed by atoms with Gasteiger partial charge in [0.15, 0.2) is 0 Å². The number of ether oxygens (including phenoxy) is 2. The Labute approximate surface area is 200 Å². The number of fused-ring (bicyclic) bond motifs is 3. The molecule has 0 saturated carbocycles. The van der Waals surface area contributed by atoms with Crippen molar-refractivity contribution in [3.05, 3.63) is 66.4 Å². The molecule has 10 heteroatoms. The van der Waals surface area contributed by atoms with E-state index in [1.165, 1.54) is 0 Å². The summed E-state index contributed by atoms with van der Waals surface area (Å²) in [6.45, 7) is -0.0290. The second kappa shape index (κ2) is 9.10. The Morgan fingerprint density at radius 3 is 2.60 bits per heavy atom. The highest BCUT2D eigenvalue weighted by Crippen LogP contribution is 2.47. The van der Waals surface area contributed by atoms with Gasteiger partial charge in [-0.05, 0) is 18.6 Å². The summed E-state index contributed by atoms with van der Waals surface area (Å²) in [5.41, 5.74) is 3.85. The number of allylic oxidation sites excluding steroid dienone is 2. The van der Waals surface area contributed by atoms with Crippen LogP contribution >= 0.6 is 0 Å². The second-order valence-electron chi connectivity index (χ2n) is 8.97. The van der Waals surface area contributed by atoms with Crippen molar-refractivity contribution in [2.24, 2.45) is 5.92 Å². The molecule has 1 fully saturated rings. The Bertz CT molecular complexity index is 1270. The SMILES string of the molecule is OC1CC(C2C=CC=CC2OC(F)F)c2c1nc1ccc(-c3cnc(N4CCOCC4)nc3)cn21. The number of hydrogen-bond donors (Lipinski definition) is 1. The molecule has 0 aromatic carbocycles. The normalized spacial score (nSPS) is 26.1. The van der Waals surface area contributed by atoms with Crippen LogP contribution in [0.2, 0.25) is 0 Å². The van der Waals surface area contributed by atoms with Gasteiger partial charge in [-0.25, -0.2) is 15.0 Å². The molecule has 1 N–H and O–H groups in total. The topological polar surface area (TPSA) is 85.0 Å². The number of nitrogens with zero attached hydrogens (tertiary/aromatic N) is 5. The van der Waals surface area contributed by atoms with Gasteiger partial charge in [-0.3, -0.25) is 0 Å². The van der Waals surface area contributed by atoms with Gasteiger partial charge in [-0.15, -0.1) is 0 Å². The molecule has 8 nitrogen and oxygen atoms in total. The lowest BCUT2D eigenvalue weighted by atomic mass is 9.83. The summed E-state index contributed by atoms with van der Waals surface area (Å²) >= 11 is 0. The summed E-state index contributed by atoms with van der Waals surface area (Å²) in [7, 11) is 0. The maximum Gasteiger partial charge on any atom is 0.345 e. The number of imidazole rings is 1. The van der Waals surface area contributed by atoms with Crippen LogP contribution in [0, 0.1) is 5.92 Å². The van der Waals surface area contributed by atoms with E-state index in [2.05, 4.69) is 19.9 Å². The van der Waals surface area contributed by atoms with E-state index in [9.17, 15) is 13.9 Å². The Hall–Kier alpha value is -3.21. The summed E-state index contributed by atoms with van der Waals surface area (Å²) < 4.78 is 38.4. The first kappa shape index (κ1) is 22.3. The second-order valence-corrected chi connectivity index (χ2v) is 8.97. The van der Waals surface area contributed by atoms with Crippen molar-refractivity contribution in [3.63, 3.8) is 0 Å². The van der Waals surface area contributed by atoms with Crippen molar-refractivity contribution >= 4 is 11.6 Å². The molecule has 1 aliphatic heterocycles. The number of aromatic nitrogens is 4. The molecule has 0 bridgehead atoms. The van der Waals surface area contributed by atoms with Crippen LogP contribution in [0.15, 0.2) is 55.0 Å². The number of aliphatic hydroxyl groups excluding tert-OH is 1. The minimum absolute atomic E-state index is 0.227. The smallest absolute Gasteiger partial charge is 0.345 e. The average Bonchev–Trinajstić information content (AvgIpc) is 3.42. The first-order valence-electron chi connectivity index (χ1n) is 11.7. The highest BCUT2D eigenvalue weighted by atomic mass is 19.3. The molecule has 4 unspecified atom stereocenters. The van der Waals surface area contributed by atoms with E-state index in [0.29, 0.717) is 36.9 Å². The van der Waals surface area contributed by atoms with Gasteiger partial charge in [0.2, 0.25) is 5.95 Å². The molecule has 4 atom stereocenters. The number of hydrogen-bond acceptors (Lipinski definition) is 7. The maximum absolute atomic E-state index is 13.1. The van der Waals surface area contributed by atoms with E-state index in [-0.39, 0.29) is 11.8 Å². The number of alkyl halides is 2. The van der Waals surface area contributed by atoms with Crippen LogP contribution in [0.3, 0.4) is 0 Å². The van der Waals surface area contributed by atoms with Crippen LogP contribution in [0.4, 0.5) is 14.7 Å². The molecule has 0 spiro atoms. The molecular formula is C25H25F2N5O3. The predicted molar refractivity (Wildman–Crippen MR) is 124 cm³/mol. The fourth-order valence-corrected chi connectivity index (χ4v) is 5.29. The van der Waals surface area contributed by atoms with Gasteiger partial charge in [0.05, 0.1) is 36.8 Å². The minimum Gasteiger partial charge on any atom is -0.387 e. The van der Waals surface area contributed by atoms with Crippen LogP contribution in [0.5, 0.6) is 0 Å². The standard InChI is InChI=1S/C25H25F2N5O3/c26-24(27)35-20-4-2-1-3-17(20)18-11-19(33)22-23(18)32-14-15(5-6-21(32)30-22)16-12-28-25(29-13-16)31-7-9-34-10-8-31/h1-6,12-14,17-20,24,33H,7-11H2. The lowest BCUT2D eigenvalue weighted by molar-refractivity contribution is -0.160. The van der Waals surface area contributed by atoms with Crippen molar-refractivity contribution in [1.82, 2.24) is 19.4 Å². The predicted octanol–water partition coefficient (Wildman–Crippen LogP) is 3.50. The quantitative estimate of drug-likeness (QED) is 0.597. The zero-order chi connectivity index (χ0) is 23.9. The Morgan fingerprint density at radius 1 is 1.06 bits per heavy atom. The number of anilines is 1. The molecule has 3 aromatic rings. The summed E-state index contributed by atoms with van der Waals surface area (Å²) in [5, 5.41) is 10.8. The monoisotopic (exact) mass is 481 g/mol. The largest absolute Gasteiger partial charge is 0.387 e. The Kier molecular flexibility index (Phi) is 5.79. The third kappa shape index (κ3) is 4.11. The zero-order valence-corrected chi connectivity index (χ0v) is 18.9. The van der Waals surface area contributed by atoms with Gasteiger partial charge in [0.25, 0.3) is 0 Å². The third-order valence-electron chi connectivity index (χ3n) is 6.94. The van der Waals surface area contributed by atoms with Crippen molar-refractivity contribution < 1.29 is 23.4 Å². The van der Waals surface area contributed by atoms with Crippen molar-refractivity contribution in [2.75, 3.05) is 31.2 Å². The van der Waals surface area contributed by atoms with E-state index in [1.54, 1.807) is 24.5 Å². The van der Waals surface area contributed by atoms with Crippen LogP contribution < -0.4 is 4.90 Å². The Morgan fingerprint density at radius 2 is 1.83 bits per heavy atom. The Balaban J connectivity index is 1.34. The fraction of sp³-hybridized carbons (Fsp3) is 0.400. The molecular weight excluding hydrogens is 456 g/mol. The van der Waals surface area contributed by atoms with E-state index in [0.717, 1.165) is 29.9 Å². The van der Waals surface area contributed by atoms with Gasteiger partial charge >= 0.3 is 6.61 Å². The van der Waals surface area contributed by atoms with E-state index in [1.807, 2.05) is 34.9 Å². The minimum atomic E-state index is -2.88. The number of pyridine rings is 1. The lowest BCUT2D eigenvalue weighted by Gasteiger charge is -2.29. The molecule has 2 aliphatic carbocycles. The van der Waals surface area contributed by atoms with Gasteiger partial charge in [-0.1, -0.05) is 24.3 Å². The number of morpholine rings is 1. The van der Waals surface area contributed by atoms with Gasteiger partial charge < -0.3 is 23.9 Å². The fourth-order valence-electron chi connectivity index (χ4n) is 5.29. The first-order chi connectivity index (χ1) is 17.1. The first-order valence-corrected chi connectivity index (χ1v) is 11.7. The molecule has 1 saturated heterocycles. The molecule has 182 valence electrons. The maximum atomic E-state index is 13.1. The summed E-state index contributed by atoms with van der Waals surface area (Å²) in [6.07, 6.45) is 11.5. The van der Waals surface area contributed by atoms with Crippen molar-refractivity contribution in [3.8, 4) is 11.1 Å². The lowest BCUT2D eigenvalue weighted by Crippen LogP contribution is -2.37. The highest BCUT2D eigenvalue weighted by molar-refractivity contribution is 5.64. The van der Waals surface area contributed by atoms with Gasteiger partial charge in [0.1, 0.15) is 5.65 Å². The van der Waals surface area contributed by atoms with E-state index >= 15 is 0 Å². The molecule has 0 amide bonds. The summed E-state index contributed by atoms with van der Waals surface area (Å²) in [5.74, 6) is 0.104. The molecule has 6 rings (SSSR count). The van der Waals surface area contributed by atoms with Gasteiger partial charge in [0, 0.05) is 54.6 Å². The van der Waals surface area contributed by atoms with E-state index in [4.69, 9.17) is 9.47 Å².